The average Bonchev–Trinajstić information content (AvgIpc) is 2.95. The first-order valence-electron chi connectivity index (χ1n) is 6.86. The van der Waals surface area contributed by atoms with Crippen molar-refractivity contribution in [2.75, 3.05) is 5.75 Å². The van der Waals surface area contributed by atoms with Crippen molar-refractivity contribution in [3.8, 4) is 5.69 Å². The number of hydrogen-bond acceptors (Lipinski definition) is 7. The molecule has 0 unspecified atom stereocenters. The number of tetrazole rings is 1. The van der Waals surface area contributed by atoms with E-state index in [2.05, 4.69) is 15.5 Å². The second-order valence-electron chi connectivity index (χ2n) is 4.99. The minimum Gasteiger partial charge on any atom is -0.452 e. The molecule has 2 rings (SSSR count). The maximum absolute atomic E-state index is 11.7. The minimum absolute atomic E-state index is 0.0249. The predicted octanol–water partition coefficient (Wildman–Crippen LogP) is 0.788. The van der Waals surface area contributed by atoms with Crippen LogP contribution in [-0.2, 0) is 14.3 Å². The number of benzene rings is 1. The molecule has 0 fully saturated rings. The summed E-state index contributed by atoms with van der Waals surface area (Å²) in [4.78, 5) is 22.6. The fourth-order valence-electron chi connectivity index (χ4n) is 1.78. The Bertz CT molecular complexity index is 731. The Morgan fingerprint density at radius 1 is 1.39 bits per heavy atom. The summed E-state index contributed by atoms with van der Waals surface area (Å²) < 4.78 is 6.45. The highest BCUT2D eigenvalue weighted by Gasteiger charge is 2.17. The topological polar surface area (TPSA) is 113 Å². The lowest BCUT2D eigenvalue weighted by atomic mass is 10.1. The van der Waals surface area contributed by atoms with Crippen LogP contribution in [0.25, 0.3) is 5.69 Å². The Balaban J connectivity index is 2.09. The van der Waals surface area contributed by atoms with Crippen molar-refractivity contribution < 1.29 is 14.3 Å². The number of nitrogens with two attached hydrogens (primary N) is 1. The van der Waals surface area contributed by atoms with Crippen LogP contribution in [0.3, 0.4) is 0 Å². The summed E-state index contributed by atoms with van der Waals surface area (Å²) in [5.74, 6) is -1.27. The van der Waals surface area contributed by atoms with Gasteiger partial charge in [0.05, 0.1) is 11.4 Å². The molecule has 2 aromatic rings. The number of aryl methyl sites for hydroxylation is 2. The first-order chi connectivity index (χ1) is 10.9. The third kappa shape index (κ3) is 4.28. The van der Waals surface area contributed by atoms with Gasteiger partial charge in [-0.05, 0) is 48.4 Å². The van der Waals surface area contributed by atoms with Crippen LogP contribution in [0.1, 0.15) is 18.1 Å². The van der Waals surface area contributed by atoms with Gasteiger partial charge in [-0.1, -0.05) is 23.9 Å². The van der Waals surface area contributed by atoms with Gasteiger partial charge in [-0.25, -0.2) is 0 Å². The van der Waals surface area contributed by atoms with Crippen LogP contribution in [0.5, 0.6) is 0 Å². The van der Waals surface area contributed by atoms with Crippen LogP contribution in [0.4, 0.5) is 0 Å². The van der Waals surface area contributed by atoms with Crippen molar-refractivity contribution in [3.05, 3.63) is 29.3 Å². The van der Waals surface area contributed by atoms with Gasteiger partial charge in [0.25, 0.3) is 5.91 Å². The lowest BCUT2D eigenvalue weighted by Gasteiger charge is -2.10. The molecular weight excluding hydrogens is 318 g/mol. The van der Waals surface area contributed by atoms with Crippen LogP contribution >= 0.6 is 11.8 Å². The molecule has 8 nitrogen and oxygen atoms in total. The molecule has 122 valence electrons. The number of rotatable bonds is 6. The second kappa shape index (κ2) is 7.23. The van der Waals surface area contributed by atoms with E-state index in [1.54, 1.807) is 4.68 Å². The number of primary amides is 1. The zero-order valence-corrected chi connectivity index (χ0v) is 13.8. The lowest BCUT2D eigenvalue weighted by Crippen LogP contribution is -2.31. The first-order valence-corrected chi connectivity index (χ1v) is 7.84. The highest BCUT2D eigenvalue weighted by molar-refractivity contribution is 7.99. The van der Waals surface area contributed by atoms with E-state index in [0.29, 0.717) is 5.16 Å². The molecule has 1 amide bonds. The van der Waals surface area contributed by atoms with E-state index in [9.17, 15) is 9.59 Å². The summed E-state index contributed by atoms with van der Waals surface area (Å²) in [7, 11) is 0. The molecule has 23 heavy (non-hydrogen) atoms. The molecule has 0 radical (unpaired) electrons. The van der Waals surface area contributed by atoms with Crippen molar-refractivity contribution >= 4 is 23.6 Å². The molecule has 9 heteroatoms. The molecule has 1 aromatic heterocycles. The maximum atomic E-state index is 11.7. The predicted molar refractivity (Wildman–Crippen MR) is 84.1 cm³/mol. The highest BCUT2D eigenvalue weighted by Crippen LogP contribution is 2.21. The molecule has 0 saturated carbocycles. The van der Waals surface area contributed by atoms with E-state index >= 15 is 0 Å². The summed E-state index contributed by atoms with van der Waals surface area (Å²) in [6, 6.07) is 5.94. The van der Waals surface area contributed by atoms with Crippen molar-refractivity contribution in [3.63, 3.8) is 0 Å². The summed E-state index contributed by atoms with van der Waals surface area (Å²) in [6.07, 6.45) is -0.960. The Labute approximate surface area is 137 Å². The zero-order chi connectivity index (χ0) is 17.0. The summed E-state index contributed by atoms with van der Waals surface area (Å²) in [5, 5.41) is 12.0. The van der Waals surface area contributed by atoms with Crippen LogP contribution in [0, 0.1) is 13.8 Å². The number of thioether (sulfide) groups is 1. The van der Waals surface area contributed by atoms with Gasteiger partial charge in [0.1, 0.15) is 0 Å². The summed E-state index contributed by atoms with van der Waals surface area (Å²) in [5.41, 5.74) is 7.98. The van der Waals surface area contributed by atoms with Crippen LogP contribution in [0.2, 0.25) is 0 Å². The Morgan fingerprint density at radius 2 is 2.13 bits per heavy atom. The fraction of sp³-hybridized carbons (Fsp3) is 0.357. The lowest BCUT2D eigenvalue weighted by molar-refractivity contribution is -0.151. The van der Waals surface area contributed by atoms with Gasteiger partial charge in [-0.15, -0.1) is 5.10 Å². The van der Waals surface area contributed by atoms with Crippen LogP contribution in [0.15, 0.2) is 23.4 Å². The van der Waals surface area contributed by atoms with Crippen molar-refractivity contribution in [2.45, 2.75) is 32.0 Å². The first kappa shape index (κ1) is 16.9. The Kier molecular flexibility index (Phi) is 5.32. The van der Waals surface area contributed by atoms with Gasteiger partial charge in [-0.3, -0.25) is 9.59 Å². The number of ether oxygens (including phenoxy) is 1. The summed E-state index contributed by atoms with van der Waals surface area (Å²) >= 11 is 1.13. The molecule has 2 N–H and O–H groups in total. The number of carbonyl (C=O) groups is 2. The van der Waals surface area contributed by atoms with Crippen LogP contribution < -0.4 is 5.73 Å². The molecular formula is C14H17N5O3S. The third-order valence-corrected chi connectivity index (χ3v) is 3.95. The molecule has 0 spiro atoms. The zero-order valence-electron chi connectivity index (χ0n) is 13.0. The number of aromatic nitrogens is 4. The number of amides is 1. The Morgan fingerprint density at radius 3 is 2.83 bits per heavy atom. The van der Waals surface area contributed by atoms with E-state index in [4.69, 9.17) is 10.5 Å². The molecule has 0 saturated heterocycles. The average molecular weight is 335 g/mol. The monoisotopic (exact) mass is 335 g/mol. The van der Waals surface area contributed by atoms with Gasteiger partial charge in [0.2, 0.25) is 5.16 Å². The summed E-state index contributed by atoms with van der Waals surface area (Å²) in [6.45, 7) is 5.35. The Hall–Kier alpha value is -2.42. The molecule has 0 bridgehead atoms. The van der Waals surface area contributed by atoms with Crippen molar-refractivity contribution in [2.24, 2.45) is 5.73 Å². The number of nitrogens with zero attached hydrogens (tertiary/aromatic N) is 4. The highest BCUT2D eigenvalue weighted by atomic mass is 32.2. The van der Waals surface area contributed by atoms with E-state index in [1.165, 1.54) is 6.92 Å². The molecule has 1 heterocycles. The molecule has 0 aliphatic carbocycles. The van der Waals surface area contributed by atoms with E-state index in [-0.39, 0.29) is 5.75 Å². The molecule has 0 aliphatic rings. The fourth-order valence-corrected chi connectivity index (χ4v) is 2.45. The number of carbonyl (C=O) groups excluding carboxylic acids is 2. The van der Waals surface area contributed by atoms with E-state index < -0.39 is 18.0 Å². The third-order valence-electron chi connectivity index (χ3n) is 3.06. The molecule has 1 aromatic carbocycles. The van der Waals surface area contributed by atoms with Crippen molar-refractivity contribution in [1.29, 1.82) is 0 Å². The normalized spacial score (nSPS) is 12.0. The number of hydrogen-bond donors (Lipinski definition) is 1. The molecule has 0 aliphatic heterocycles. The second-order valence-corrected chi connectivity index (χ2v) is 5.93. The largest absolute Gasteiger partial charge is 0.452 e. The van der Waals surface area contributed by atoms with Crippen molar-refractivity contribution in [1.82, 2.24) is 20.2 Å². The standard InChI is InChI=1S/C14H17N5O3S/c1-8-4-5-9(2)11(6-8)19-14(16-17-18-19)23-7-12(20)22-10(3)13(15)21/h4-6,10H,7H2,1-3H3,(H2,15,21)/t10-/m1/s1. The minimum atomic E-state index is -0.960. The van der Waals surface area contributed by atoms with Crippen LogP contribution in [-0.4, -0.2) is 43.9 Å². The van der Waals surface area contributed by atoms with Gasteiger partial charge in [0, 0.05) is 0 Å². The van der Waals surface area contributed by atoms with Gasteiger partial charge >= 0.3 is 5.97 Å². The van der Waals surface area contributed by atoms with Gasteiger partial charge < -0.3 is 10.5 Å². The van der Waals surface area contributed by atoms with E-state index in [1.807, 2.05) is 32.0 Å². The van der Waals surface area contributed by atoms with Gasteiger partial charge in [0.15, 0.2) is 6.10 Å². The quantitative estimate of drug-likeness (QED) is 0.613. The smallest absolute Gasteiger partial charge is 0.317 e. The maximum Gasteiger partial charge on any atom is 0.317 e. The SMILES string of the molecule is Cc1ccc(C)c(-n2nnnc2SCC(=O)O[C@H](C)C(N)=O)c1. The molecule has 1 atom stereocenters. The van der Waals surface area contributed by atoms with E-state index in [0.717, 1.165) is 28.6 Å². The van der Waals surface area contributed by atoms with Gasteiger partial charge in [-0.2, -0.15) is 4.68 Å². The number of esters is 1.